The predicted molar refractivity (Wildman–Crippen MR) is 142 cm³/mol. The van der Waals surface area contributed by atoms with E-state index in [4.69, 9.17) is 0 Å². The van der Waals surface area contributed by atoms with Gasteiger partial charge >= 0.3 is 0 Å². The first-order valence-corrected chi connectivity index (χ1v) is 13.8. The number of phenolic OH excluding ortho intramolecular Hbond substituents is 2. The Bertz CT molecular complexity index is 715. The highest BCUT2D eigenvalue weighted by molar-refractivity contribution is 5.44. The molecule has 2 rings (SSSR count). The van der Waals surface area contributed by atoms with E-state index in [1.807, 2.05) is 24.3 Å². The Hall–Kier alpha value is -1.96. The van der Waals surface area contributed by atoms with Gasteiger partial charge in [0.15, 0.2) is 0 Å². The van der Waals surface area contributed by atoms with E-state index in [0.29, 0.717) is 17.9 Å². The number of benzene rings is 2. The number of phenols is 2. The molecule has 0 spiro atoms. The molecule has 0 saturated carbocycles. The summed E-state index contributed by atoms with van der Waals surface area (Å²) in [4.78, 5) is 0. The maximum absolute atomic E-state index is 10.5. The van der Waals surface area contributed by atoms with Gasteiger partial charge in [-0.2, -0.15) is 0 Å². The van der Waals surface area contributed by atoms with Crippen molar-refractivity contribution in [2.75, 3.05) is 0 Å². The quantitative estimate of drug-likeness (QED) is 0.221. The van der Waals surface area contributed by atoms with Crippen LogP contribution in [0.2, 0.25) is 0 Å². The summed E-state index contributed by atoms with van der Waals surface area (Å²) in [7, 11) is 0. The molecule has 0 unspecified atom stereocenters. The molecule has 0 heterocycles. The van der Waals surface area contributed by atoms with Crippen LogP contribution in [0.4, 0.5) is 0 Å². The Morgan fingerprint density at radius 3 is 1.21 bits per heavy atom. The van der Waals surface area contributed by atoms with Crippen LogP contribution in [0.25, 0.3) is 0 Å². The molecule has 0 amide bonds. The lowest BCUT2D eigenvalue weighted by atomic mass is 9.97. The molecule has 2 nitrogen and oxygen atoms in total. The zero-order chi connectivity index (χ0) is 23.7. The molecule has 0 fully saturated rings. The number of hydrogen-bond acceptors (Lipinski definition) is 2. The average molecular weight is 453 g/mol. The smallest absolute Gasteiger partial charge is 0.119 e. The fraction of sp³-hybridized carbons (Fsp3) is 0.613. The Morgan fingerprint density at radius 2 is 0.848 bits per heavy atom. The first kappa shape index (κ1) is 27.3. The van der Waals surface area contributed by atoms with E-state index in [0.717, 1.165) is 24.0 Å². The minimum absolute atomic E-state index is 0.349. The standard InChI is InChI=1S/C31H48O2/c1-3-5-7-9-11-13-15-17-26-19-21-28(30(32)23-26)25-29-22-20-27(24-31(29)33)18-16-14-12-10-8-6-4-2/h19-24,32-33H,3-18,25H2,1-2H3. The Morgan fingerprint density at radius 1 is 0.485 bits per heavy atom. The number of rotatable bonds is 18. The van der Waals surface area contributed by atoms with Gasteiger partial charge in [-0.15, -0.1) is 0 Å². The fourth-order valence-electron chi connectivity index (χ4n) is 4.61. The number of aryl methyl sites for hydroxylation is 2. The fourth-order valence-corrected chi connectivity index (χ4v) is 4.61. The molecule has 0 radical (unpaired) electrons. The van der Waals surface area contributed by atoms with Crippen LogP contribution in [0, 0.1) is 0 Å². The lowest BCUT2D eigenvalue weighted by Gasteiger charge is -2.11. The van der Waals surface area contributed by atoms with Crippen molar-refractivity contribution < 1.29 is 10.2 Å². The monoisotopic (exact) mass is 452 g/mol. The van der Waals surface area contributed by atoms with Gasteiger partial charge in [0.05, 0.1) is 0 Å². The van der Waals surface area contributed by atoms with Crippen molar-refractivity contribution in [2.45, 2.75) is 123 Å². The molecular weight excluding hydrogens is 404 g/mol. The van der Waals surface area contributed by atoms with E-state index in [9.17, 15) is 10.2 Å². The summed E-state index contributed by atoms with van der Waals surface area (Å²) in [5.74, 6) is 0.698. The largest absolute Gasteiger partial charge is 0.508 e. The van der Waals surface area contributed by atoms with Crippen LogP contribution in [0.3, 0.4) is 0 Å². The highest BCUT2D eigenvalue weighted by Gasteiger charge is 2.09. The van der Waals surface area contributed by atoms with Crippen molar-refractivity contribution in [1.29, 1.82) is 0 Å². The van der Waals surface area contributed by atoms with Crippen LogP contribution in [0.1, 0.15) is 126 Å². The molecule has 0 saturated heterocycles. The van der Waals surface area contributed by atoms with Crippen LogP contribution >= 0.6 is 0 Å². The van der Waals surface area contributed by atoms with Gasteiger partial charge in [-0.3, -0.25) is 0 Å². The third-order valence-corrected chi connectivity index (χ3v) is 6.82. The minimum Gasteiger partial charge on any atom is -0.508 e. The molecule has 2 aromatic rings. The Labute approximate surface area is 203 Å². The van der Waals surface area contributed by atoms with E-state index in [-0.39, 0.29) is 0 Å². The van der Waals surface area contributed by atoms with Crippen molar-refractivity contribution in [3.63, 3.8) is 0 Å². The summed E-state index contributed by atoms with van der Waals surface area (Å²) >= 11 is 0. The van der Waals surface area contributed by atoms with E-state index in [1.165, 1.54) is 101 Å². The summed E-state index contributed by atoms with van der Waals surface area (Å²) in [6.07, 6.45) is 20.9. The van der Waals surface area contributed by atoms with Crippen molar-refractivity contribution in [1.82, 2.24) is 0 Å². The highest BCUT2D eigenvalue weighted by Crippen LogP contribution is 2.28. The van der Waals surface area contributed by atoms with Crippen molar-refractivity contribution in [2.24, 2.45) is 0 Å². The second kappa shape index (κ2) is 16.6. The number of unbranched alkanes of at least 4 members (excludes halogenated alkanes) is 12. The van der Waals surface area contributed by atoms with Crippen LogP contribution in [-0.2, 0) is 19.3 Å². The second-order valence-electron chi connectivity index (χ2n) is 9.85. The molecule has 0 aliphatic rings. The van der Waals surface area contributed by atoms with Gasteiger partial charge in [-0.05, 0) is 60.1 Å². The molecular formula is C31H48O2. The molecule has 2 heteroatoms. The predicted octanol–water partition coefficient (Wildman–Crippen LogP) is 9.27. The van der Waals surface area contributed by atoms with Gasteiger partial charge in [-0.1, -0.05) is 115 Å². The van der Waals surface area contributed by atoms with E-state index >= 15 is 0 Å². The van der Waals surface area contributed by atoms with Crippen LogP contribution in [-0.4, -0.2) is 10.2 Å². The molecule has 2 aromatic carbocycles. The van der Waals surface area contributed by atoms with Gasteiger partial charge in [0.1, 0.15) is 11.5 Å². The maximum Gasteiger partial charge on any atom is 0.119 e. The SMILES string of the molecule is CCCCCCCCCc1ccc(Cc2ccc(CCCCCCCCC)cc2O)c(O)c1. The van der Waals surface area contributed by atoms with E-state index in [2.05, 4.69) is 26.0 Å². The Balaban J connectivity index is 1.75. The Kier molecular flexibility index (Phi) is 13.7. The van der Waals surface area contributed by atoms with Gasteiger partial charge in [0.2, 0.25) is 0 Å². The minimum atomic E-state index is 0.349. The first-order chi connectivity index (χ1) is 16.1. The van der Waals surface area contributed by atoms with Crippen LogP contribution < -0.4 is 0 Å². The van der Waals surface area contributed by atoms with Crippen LogP contribution in [0.5, 0.6) is 11.5 Å². The molecule has 0 bridgehead atoms. The summed E-state index contributed by atoms with van der Waals surface area (Å²) in [6.45, 7) is 4.51. The molecule has 0 atom stereocenters. The maximum atomic E-state index is 10.5. The van der Waals surface area contributed by atoms with E-state index in [1.54, 1.807) is 0 Å². The number of aromatic hydroxyl groups is 2. The molecule has 0 aliphatic carbocycles. The van der Waals surface area contributed by atoms with Crippen molar-refractivity contribution in [3.05, 3.63) is 58.7 Å². The molecule has 0 aromatic heterocycles. The third-order valence-electron chi connectivity index (χ3n) is 6.82. The zero-order valence-corrected chi connectivity index (χ0v) is 21.4. The third kappa shape index (κ3) is 11.1. The topological polar surface area (TPSA) is 40.5 Å². The van der Waals surface area contributed by atoms with Crippen molar-refractivity contribution in [3.8, 4) is 11.5 Å². The van der Waals surface area contributed by atoms with E-state index < -0.39 is 0 Å². The van der Waals surface area contributed by atoms with Gasteiger partial charge < -0.3 is 10.2 Å². The summed E-state index contributed by atoms with van der Waals surface area (Å²) < 4.78 is 0. The first-order valence-electron chi connectivity index (χ1n) is 13.8. The highest BCUT2D eigenvalue weighted by atomic mass is 16.3. The normalized spacial score (nSPS) is 11.2. The average Bonchev–Trinajstić information content (AvgIpc) is 2.81. The second-order valence-corrected chi connectivity index (χ2v) is 9.85. The zero-order valence-electron chi connectivity index (χ0n) is 21.4. The summed E-state index contributed by atoms with van der Waals surface area (Å²) in [5.41, 5.74) is 4.18. The molecule has 33 heavy (non-hydrogen) atoms. The number of hydrogen-bond donors (Lipinski definition) is 2. The lowest BCUT2D eigenvalue weighted by molar-refractivity contribution is 0.462. The lowest BCUT2D eigenvalue weighted by Crippen LogP contribution is -1.94. The molecule has 184 valence electrons. The molecule has 0 aliphatic heterocycles. The van der Waals surface area contributed by atoms with Crippen LogP contribution in [0.15, 0.2) is 36.4 Å². The summed E-state index contributed by atoms with van der Waals surface area (Å²) in [6, 6.07) is 12.2. The summed E-state index contributed by atoms with van der Waals surface area (Å²) in [5, 5.41) is 21.1. The molecule has 2 N–H and O–H groups in total. The van der Waals surface area contributed by atoms with Gasteiger partial charge in [-0.25, -0.2) is 0 Å². The van der Waals surface area contributed by atoms with Gasteiger partial charge in [0, 0.05) is 6.42 Å². The van der Waals surface area contributed by atoms with Gasteiger partial charge in [0.25, 0.3) is 0 Å². The van der Waals surface area contributed by atoms with Crippen molar-refractivity contribution >= 4 is 0 Å².